The van der Waals surface area contributed by atoms with Crippen LogP contribution in [-0.4, -0.2) is 42.5 Å². The number of hydrogen-bond donors (Lipinski definition) is 2. The Labute approximate surface area is 135 Å². The number of benzene rings is 1. The van der Waals surface area contributed by atoms with Gasteiger partial charge in [0.1, 0.15) is 0 Å². The van der Waals surface area contributed by atoms with Crippen LogP contribution in [0.2, 0.25) is 10.0 Å². The van der Waals surface area contributed by atoms with E-state index in [1.165, 1.54) is 0 Å². The van der Waals surface area contributed by atoms with Crippen LogP contribution < -0.4 is 10.6 Å². The lowest BCUT2D eigenvalue weighted by atomic mass is 10.1. The maximum Gasteiger partial charge on any atom is 0.225 e. The quantitative estimate of drug-likeness (QED) is 0.892. The molecular formula is C15H21Cl2N3O. The van der Waals surface area contributed by atoms with E-state index in [9.17, 15) is 4.79 Å². The summed E-state index contributed by atoms with van der Waals surface area (Å²) in [6.07, 6.45) is 0.432. The molecule has 2 N–H and O–H groups in total. The van der Waals surface area contributed by atoms with Crippen molar-refractivity contribution in [3.05, 3.63) is 28.2 Å². The number of carbonyl (C=O) groups excluding carboxylic acids is 1. The molecule has 0 spiro atoms. The molecule has 2 unspecified atom stereocenters. The van der Waals surface area contributed by atoms with Gasteiger partial charge in [-0.2, -0.15) is 0 Å². The second-order valence-electron chi connectivity index (χ2n) is 5.62. The number of nitrogens with one attached hydrogen (secondary N) is 2. The topological polar surface area (TPSA) is 44.4 Å². The van der Waals surface area contributed by atoms with Crippen molar-refractivity contribution in [3.63, 3.8) is 0 Å². The molecule has 1 saturated heterocycles. The molecule has 1 fully saturated rings. The molecule has 1 aromatic rings. The van der Waals surface area contributed by atoms with Crippen LogP contribution in [-0.2, 0) is 4.79 Å². The van der Waals surface area contributed by atoms with Crippen molar-refractivity contribution >= 4 is 34.8 Å². The van der Waals surface area contributed by atoms with Crippen LogP contribution in [0.3, 0.4) is 0 Å². The van der Waals surface area contributed by atoms with E-state index in [4.69, 9.17) is 23.2 Å². The summed E-state index contributed by atoms with van der Waals surface area (Å²) in [6.45, 7) is 6.98. The molecule has 1 aliphatic rings. The van der Waals surface area contributed by atoms with E-state index >= 15 is 0 Å². The highest BCUT2D eigenvalue weighted by atomic mass is 35.5. The molecule has 0 aromatic heterocycles. The van der Waals surface area contributed by atoms with E-state index in [0.717, 1.165) is 19.6 Å². The Balaban J connectivity index is 1.85. The van der Waals surface area contributed by atoms with Crippen LogP contribution >= 0.6 is 23.2 Å². The maximum atomic E-state index is 12.1. The van der Waals surface area contributed by atoms with Crippen LogP contribution in [0.5, 0.6) is 0 Å². The number of amides is 1. The van der Waals surface area contributed by atoms with Gasteiger partial charge in [-0.25, -0.2) is 0 Å². The number of para-hydroxylation sites is 1. The third kappa shape index (κ3) is 4.85. The fraction of sp³-hybridized carbons (Fsp3) is 0.533. The lowest BCUT2D eigenvalue weighted by Crippen LogP contribution is -2.54. The van der Waals surface area contributed by atoms with Crippen molar-refractivity contribution in [2.75, 3.05) is 25.0 Å². The first-order chi connectivity index (χ1) is 9.95. The van der Waals surface area contributed by atoms with Gasteiger partial charge in [-0.3, -0.25) is 9.69 Å². The normalized spacial score (nSPS) is 23.0. The second-order valence-corrected chi connectivity index (χ2v) is 6.44. The SMILES string of the molecule is CC1CN(CCC(=O)Nc2c(Cl)cccc2Cl)CC(C)N1. The monoisotopic (exact) mass is 329 g/mol. The Bertz CT molecular complexity index is 479. The van der Waals surface area contributed by atoms with Crippen molar-refractivity contribution in [2.45, 2.75) is 32.4 Å². The molecule has 1 aliphatic heterocycles. The van der Waals surface area contributed by atoms with E-state index < -0.39 is 0 Å². The zero-order valence-corrected chi connectivity index (χ0v) is 13.8. The Hall–Kier alpha value is -0.810. The third-order valence-electron chi connectivity index (χ3n) is 3.52. The number of halogens is 2. The molecule has 1 aromatic carbocycles. The van der Waals surface area contributed by atoms with E-state index in [0.29, 0.717) is 34.2 Å². The molecule has 0 radical (unpaired) electrons. The Morgan fingerprint density at radius 2 is 1.86 bits per heavy atom. The molecular weight excluding hydrogens is 309 g/mol. The summed E-state index contributed by atoms with van der Waals surface area (Å²) in [5.74, 6) is -0.0659. The summed E-state index contributed by atoms with van der Waals surface area (Å²) in [5, 5.41) is 7.19. The molecule has 4 nitrogen and oxygen atoms in total. The molecule has 21 heavy (non-hydrogen) atoms. The van der Waals surface area contributed by atoms with Gasteiger partial charge in [-0.1, -0.05) is 29.3 Å². The summed E-state index contributed by atoms with van der Waals surface area (Å²) < 4.78 is 0. The van der Waals surface area contributed by atoms with Crippen molar-refractivity contribution in [2.24, 2.45) is 0 Å². The molecule has 116 valence electrons. The Kier molecular flexibility index (Phi) is 5.88. The van der Waals surface area contributed by atoms with E-state index in [2.05, 4.69) is 29.4 Å². The minimum atomic E-state index is -0.0659. The first-order valence-electron chi connectivity index (χ1n) is 7.18. The first kappa shape index (κ1) is 16.6. The van der Waals surface area contributed by atoms with Gasteiger partial charge in [-0.15, -0.1) is 0 Å². The summed E-state index contributed by atoms with van der Waals surface area (Å²) in [6, 6.07) is 6.08. The fourth-order valence-corrected chi connectivity index (χ4v) is 3.19. The summed E-state index contributed by atoms with van der Waals surface area (Å²) in [4.78, 5) is 14.4. The molecule has 0 bridgehead atoms. The first-order valence-corrected chi connectivity index (χ1v) is 7.93. The van der Waals surface area contributed by atoms with Crippen LogP contribution in [0.15, 0.2) is 18.2 Å². The summed E-state index contributed by atoms with van der Waals surface area (Å²) >= 11 is 12.1. The molecule has 2 rings (SSSR count). The van der Waals surface area contributed by atoms with Gasteiger partial charge in [-0.05, 0) is 26.0 Å². The van der Waals surface area contributed by atoms with Gasteiger partial charge in [0.15, 0.2) is 0 Å². The number of piperazine rings is 1. The zero-order chi connectivity index (χ0) is 15.4. The van der Waals surface area contributed by atoms with E-state index in [-0.39, 0.29) is 5.91 Å². The molecule has 0 saturated carbocycles. The average molecular weight is 330 g/mol. The van der Waals surface area contributed by atoms with Gasteiger partial charge < -0.3 is 10.6 Å². The minimum Gasteiger partial charge on any atom is -0.324 e. The zero-order valence-electron chi connectivity index (χ0n) is 12.3. The van der Waals surface area contributed by atoms with Crippen LogP contribution in [0.4, 0.5) is 5.69 Å². The van der Waals surface area contributed by atoms with Crippen molar-refractivity contribution in [3.8, 4) is 0 Å². The van der Waals surface area contributed by atoms with E-state index in [1.807, 2.05) is 0 Å². The van der Waals surface area contributed by atoms with Gasteiger partial charge in [0.2, 0.25) is 5.91 Å². The van der Waals surface area contributed by atoms with Crippen molar-refractivity contribution < 1.29 is 4.79 Å². The molecule has 2 atom stereocenters. The molecule has 0 aliphatic carbocycles. The highest BCUT2D eigenvalue weighted by Gasteiger charge is 2.21. The van der Waals surface area contributed by atoms with Gasteiger partial charge >= 0.3 is 0 Å². The van der Waals surface area contributed by atoms with Crippen LogP contribution in [0, 0.1) is 0 Å². The number of anilines is 1. The standard InChI is InChI=1S/C15H21Cl2N3O/c1-10-8-20(9-11(2)18-10)7-6-14(21)19-15-12(16)4-3-5-13(15)17/h3-5,10-11,18H,6-9H2,1-2H3,(H,19,21). The van der Waals surface area contributed by atoms with Gasteiger partial charge in [0.25, 0.3) is 0 Å². The number of rotatable bonds is 4. The Morgan fingerprint density at radius 3 is 2.43 bits per heavy atom. The minimum absolute atomic E-state index is 0.0659. The third-order valence-corrected chi connectivity index (χ3v) is 4.15. The fourth-order valence-electron chi connectivity index (χ4n) is 2.70. The highest BCUT2D eigenvalue weighted by Crippen LogP contribution is 2.29. The largest absolute Gasteiger partial charge is 0.324 e. The lowest BCUT2D eigenvalue weighted by Gasteiger charge is -2.36. The van der Waals surface area contributed by atoms with Crippen LogP contribution in [0.1, 0.15) is 20.3 Å². The maximum absolute atomic E-state index is 12.1. The summed E-state index contributed by atoms with van der Waals surface area (Å²) in [7, 11) is 0. The average Bonchev–Trinajstić information content (AvgIpc) is 2.40. The lowest BCUT2D eigenvalue weighted by molar-refractivity contribution is -0.116. The molecule has 1 heterocycles. The van der Waals surface area contributed by atoms with Crippen molar-refractivity contribution in [1.29, 1.82) is 0 Å². The van der Waals surface area contributed by atoms with Gasteiger partial charge in [0.05, 0.1) is 15.7 Å². The predicted molar refractivity (Wildman–Crippen MR) is 88.2 cm³/mol. The second kappa shape index (κ2) is 7.45. The number of hydrogen-bond acceptors (Lipinski definition) is 3. The smallest absolute Gasteiger partial charge is 0.225 e. The van der Waals surface area contributed by atoms with Gasteiger partial charge in [0, 0.05) is 38.1 Å². The number of nitrogens with zero attached hydrogens (tertiary/aromatic N) is 1. The predicted octanol–water partition coefficient (Wildman–Crippen LogP) is 3.00. The molecule has 1 amide bonds. The van der Waals surface area contributed by atoms with Crippen LogP contribution in [0.25, 0.3) is 0 Å². The van der Waals surface area contributed by atoms with Crippen molar-refractivity contribution in [1.82, 2.24) is 10.2 Å². The molecule has 6 heteroatoms. The summed E-state index contributed by atoms with van der Waals surface area (Å²) in [5.41, 5.74) is 0.493. The number of carbonyl (C=O) groups is 1. The highest BCUT2D eigenvalue weighted by molar-refractivity contribution is 6.39. The van der Waals surface area contributed by atoms with E-state index in [1.54, 1.807) is 18.2 Å². The Morgan fingerprint density at radius 1 is 1.29 bits per heavy atom.